The van der Waals surface area contributed by atoms with Crippen LogP contribution in [-0.2, 0) is 4.74 Å². The summed E-state index contributed by atoms with van der Waals surface area (Å²) in [6, 6.07) is 0. The minimum atomic E-state index is 1.05. The van der Waals surface area contributed by atoms with Crippen molar-refractivity contribution in [3.8, 4) is 0 Å². The molecule has 0 amide bonds. The molecule has 0 aromatic rings. The highest BCUT2D eigenvalue weighted by Gasteiger charge is 1.95. The molecule has 0 N–H and O–H groups in total. The van der Waals surface area contributed by atoms with Crippen LogP contribution in [-0.4, -0.2) is 0 Å². The first-order valence-corrected chi connectivity index (χ1v) is 5.31. The number of allylic oxidation sites excluding steroid dienone is 2. The van der Waals surface area contributed by atoms with Gasteiger partial charge in [-0.1, -0.05) is 33.3 Å². The third kappa shape index (κ3) is 7.63. The van der Waals surface area contributed by atoms with Gasteiger partial charge in [-0.15, -0.1) is 0 Å². The first-order chi connectivity index (χ1) is 6.35. The van der Waals surface area contributed by atoms with E-state index in [1.54, 1.807) is 0 Å². The third-order valence-corrected chi connectivity index (χ3v) is 1.94. The van der Waals surface area contributed by atoms with Crippen LogP contribution in [0.5, 0.6) is 0 Å². The normalized spacial score (nSPS) is 11.4. The molecule has 0 fully saturated rings. The van der Waals surface area contributed by atoms with E-state index in [-0.39, 0.29) is 0 Å². The molecule has 13 heavy (non-hydrogen) atoms. The summed E-state index contributed by atoms with van der Waals surface area (Å²) in [7, 11) is 0. The predicted molar refractivity (Wildman–Crippen MR) is 58.4 cm³/mol. The van der Waals surface area contributed by atoms with Crippen LogP contribution in [0, 0.1) is 0 Å². The first-order valence-electron chi connectivity index (χ1n) is 5.31. The Morgan fingerprint density at radius 2 is 1.92 bits per heavy atom. The van der Waals surface area contributed by atoms with E-state index < -0.39 is 0 Å². The average Bonchev–Trinajstić information content (AvgIpc) is 2.14. The van der Waals surface area contributed by atoms with Gasteiger partial charge in [-0.05, 0) is 25.3 Å². The highest BCUT2D eigenvalue weighted by molar-refractivity contribution is 4.94. The highest BCUT2D eigenvalue weighted by atomic mass is 16.5. The molecule has 0 aromatic heterocycles. The number of hydrogen-bond acceptors (Lipinski definition) is 1. The quantitative estimate of drug-likeness (QED) is 0.399. The Labute approximate surface area is 82.5 Å². The minimum Gasteiger partial charge on any atom is -0.470 e. The Balaban J connectivity index is 3.75. The monoisotopic (exact) mass is 182 g/mol. The Hall–Kier alpha value is -0.720. The maximum atomic E-state index is 5.32. The smallest absolute Gasteiger partial charge is 0.0991 e. The molecule has 0 atom stereocenters. The molecular weight excluding hydrogens is 160 g/mol. The molecule has 0 aliphatic rings. The third-order valence-electron chi connectivity index (χ3n) is 1.94. The molecule has 0 saturated carbocycles. The van der Waals surface area contributed by atoms with Crippen LogP contribution in [0.1, 0.15) is 52.4 Å². The van der Waals surface area contributed by atoms with Gasteiger partial charge < -0.3 is 4.74 Å². The first kappa shape index (κ1) is 12.3. The number of rotatable bonds is 8. The van der Waals surface area contributed by atoms with Gasteiger partial charge >= 0.3 is 0 Å². The fourth-order valence-electron chi connectivity index (χ4n) is 1.13. The molecule has 0 spiro atoms. The molecule has 0 unspecified atom stereocenters. The van der Waals surface area contributed by atoms with Crippen molar-refractivity contribution in [3.63, 3.8) is 0 Å². The fraction of sp³-hybridized carbons (Fsp3) is 0.667. The van der Waals surface area contributed by atoms with Crippen molar-refractivity contribution in [2.75, 3.05) is 0 Å². The van der Waals surface area contributed by atoms with Crippen LogP contribution in [0.2, 0.25) is 0 Å². The maximum absolute atomic E-state index is 5.32. The van der Waals surface area contributed by atoms with E-state index in [0.717, 1.165) is 18.6 Å². The van der Waals surface area contributed by atoms with E-state index in [9.17, 15) is 0 Å². The van der Waals surface area contributed by atoms with E-state index in [1.165, 1.54) is 31.9 Å². The van der Waals surface area contributed by atoms with Crippen LogP contribution in [0.15, 0.2) is 24.7 Å². The standard InChI is InChI=1S/C12H22O/c1-4-7-9-11-12(13-6-3)10-8-5-2/h6,11H,3-5,7-10H2,1-2H3/b12-11+. The molecule has 0 aliphatic heterocycles. The summed E-state index contributed by atoms with van der Waals surface area (Å²) in [5, 5.41) is 0. The molecule has 0 saturated heterocycles. The van der Waals surface area contributed by atoms with Crippen LogP contribution in [0.25, 0.3) is 0 Å². The molecule has 1 nitrogen and oxygen atoms in total. The minimum absolute atomic E-state index is 1.05. The van der Waals surface area contributed by atoms with Crippen LogP contribution >= 0.6 is 0 Å². The second-order valence-electron chi connectivity index (χ2n) is 3.20. The van der Waals surface area contributed by atoms with E-state index in [4.69, 9.17) is 4.74 Å². The van der Waals surface area contributed by atoms with E-state index >= 15 is 0 Å². The maximum Gasteiger partial charge on any atom is 0.0991 e. The van der Waals surface area contributed by atoms with E-state index in [0.29, 0.717) is 0 Å². The molecule has 0 heterocycles. The number of hydrogen-bond donors (Lipinski definition) is 0. The van der Waals surface area contributed by atoms with Gasteiger partial charge in [0.2, 0.25) is 0 Å². The summed E-state index contributed by atoms with van der Waals surface area (Å²) < 4.78 is 5.32. The van der Waals surface area contributed by atoms with E-state index in [2.05, 4.69) is 26.5 Å². The van der Waals surface area contributed by atoms with Crippen molar-refractivity contribution in [2.45, 2.75) is 52.4 Å². The molecule has 0 radical (unpaired) electrons. The Bertz CT molecular complexity index is 147. The summed E-state index contributed by atoms with van der Waals surface area (Å²) in [5.74, 6) is 1.09. The second-order valence-corrected chi connectivity index (χ2v) is 3.20. The van der Waals surface area contributed by atoms with Gasteiger partial charge in [-0.3, -0.25) is 0 Å². The molecule has 76 valence electrons. The lowest BCUT2D eigenvalue weighted by Gasteiger charge is -2.04. The summed E-state index contributed by atoms with van der Waals surface area (Å²) in [5.41, 5.74) is 0. The molecule has 1 heteroatoms. The van der Waals surface area contributed by atoms with Gasteiger partial charge in [-0.2, -0.15) is 0 Å². The van der Waals surface area contributed by atoms with Crippen molar-refractivity contribution in [2.24, 2.45) is 0 Å². The Morgan fingerprint density at radius 1 is 1.23 bits per heavy atom. The Kier molecular flexibility index (Phi) is 8.85. The summed E-state index contributed by atoms with van der Waals surface area (Å²) in [6.07, 6.45) is 10.8. The lowest BCUT2D eigenvalue weighted by Crippen LogP contribution is -1.86. The summed E-state index contributed by atoms with van der Waals surface area (Å²) in [4.78, 5) is 0. The van der Waals surface area contributed by atoms with Gasteiger partial charge in [0.05, 0.1) is 12.0 Å². The fourth-order valence-corrected chi connectivity index (χ4v) is 1.13. The van der Waals surface area contributed by atoms with Gasteiger partial charge in [0, 0.05) is 6.42 Å². The largest absolute Gasteiger partial charge is 0.470 e. The molecular formula is C12H22O. The van der Waals surface area contributed by atoms with Gasteiger partial charge in [-0.25, -0.2) is 0 Å². The molecule has 0 aliphatic carbocycles. The Morgan fingerprint density at radius 3 is 2.46 bits per heavy atom. The van der Waals surface area contributed by atoms with Gasteiger partial charge in [0.1, 0.15) is 0 Å². The van der Waals surface area contributed by atoms with Crippen molar-refractivity contribution >= 4 is 0 Å². The second kappa shape index (κ2) is 9.37. The lowest BCUT2D eigenvalue weighted by atomic mass is 10.2. The zero-order chi connectivity index (χ0) is 9.94. The van der Waals surface area contributed by atoms with Crippen LogP contribution < -0.4 is 0 Å². The number of unbranched alkanes of at least 4 members (excludes halogenated alkanes) is 3. The van der Waals surface area contributed by atoms with Gasteiger partial charge in [0.15, 0.2) is 0 Å². The zero-order valence-electron chi connectivity index (χ0n) is 9.01. The van der Waals surface area contributed by atoms with E-state index in [1.807, 2.05) is 0 Å². The van der Waals surface area contributed by atoms with Crippen molar-refractivity contribution in [3.05, 3.63) is 24.7 Å². The van der Waals surface area contributed by atoms with Crippen LogP contribution in [0.3, 0.4) is 0 Å². The lowest BCUT2D eigenvalue weighted by molar-refractivity contribution is 0.328. The molecule has 0 bridgehead atoms. The zero-order valence-corrected chi connectivity index (χ0v) is 9.01. The van der Waals surface area contributed by atoms with Crippen molar-refractivity contribution < 1.29 is 4.74 Å². The predicted octanol–water partition coefficient (Wildman–Crippen LogP) is 4.41. The highest BCUT2D eigenvalue weighted by Crippen LogP contribution is 2.11. The molecule has 0 aromatic carbocycles. The SMILES string of the molecule is C=CO/C(=C/CCCC)CCCC. The average molecular weight is 182 g/mol. The van der Waals surface area contributed by atoms with Crippen LogP contribution in [0.4, 0.5) is 0 Å². The summed E-state index contributed by atoms with van der Waals surface area (Å²) in [6.45, 7) is 7.97. The summed E-state index contributed by atoms with van der Waals surface area (Å²) >= 11 is 0. The topological polar surface area (TPSA) is 9.23 Å². The van der Waals surface area contributed by atoms with Crippen molar-refractivity contribution in [1.29, 1.82) is 0 Å². The van der Waals surface area contributed by atoms with Crippen molar-refractivity contribution in [1.82, 2.24) is 0 Å². The molecule has 0 rings (SSSR count). The number of ether oxygens (including phenoxy) is 1. The van der Waals surface area contributed by atoms with Gasteiger partial charge in [0.25, 0.3) is 0 Å².